The van der Waals surface area contributed by atoms with Gasteiger partial charge in [0.15, 0.2) is 5.82 Å². The smallest absolute Gasteiger partial charge is 0.233 e. The van der Waals surface area contributed by atoms with Gasteiger partial charge in [-0.25, -0.2) is 4.68 Å². The number of nitrogens with two attached hydrogens (primary N) is 1. The minimum atomic E-state index is 0.0154. The van der Waals surface area contributed by atoms with Crippen LogP contribution in [0.15, 0.2) is 50.7 Å². The molecule has 0 saturated carbocycles. The molecule has 0 spiro atoms. The van der Waals surface area contributed by atoms with Gasteiger partial charge in [-0.2, -0.15) is 11.3 Å². The summed E-state index contributed by atoms with van der Waals surface area (Å²) in [6, 6.07) is 9.67. The van der Waals surface area contributed by atoms with Crippen LogP contribution in [0.25, 0.3) is 11.4 Å². The van der Waals surface area contributed by atoms with Crippen molar-refractivity contribution in [3.8, 4) is 11.4 Å². The summed E-state index contributed by atoms with van der Waals surface area (Å²) in [6.45, 7) is 0.598. The van der Waals surface area contributed by atoms with E-state index >= 15 is 0 Å². The number of hydrogen-bond donors (Lipinski definition) is 1. The quantitative estimate of drug-likeness (QED) is 0.473. The molecule has 0 aliphatic carbocycles. The number of nitrogens with zero attached hydrogens (tertiary/aromatic N) is 4. The first kappa shape index (κ1) is 18.0. The number of carbonyl (C=O) groups excluding carboxylic acids is 1. The van der Waals surface area contributed by atoms with E-state index in [0.29, 0.717) is 17.5 Å². The van der Waals surface area contributed by atoms with Gasteiger partial charge in [0.2, 0.25) is 11.1 Å². The number of nitrogen functional groups attached to an aromatic ring is 1. The lowest BCUT2D eigenvalue weighted by Crippen LogP contribution is -2.27. The second-order valence-electron chi connectivity index (χ2n) is 5.33. The number of carbonyl (C=O) groups is 1. The lowest BCUT2D eigenvalue weighted by atomic mass is 10.2. The molecule has 25 heavy (non-hydrogen) atoms. The van der Waals surface area contributed by atoms with Crippen molar-refractivity contribution in [3.05, 3.63) is 51.1 Å². The maximum atomic E-state index is 12.3. The molecule has 0 atom stereocenters. The third-order valence-corrected chi connectivity index (χ3v) is 5.88. The van der Waals surface area contributed by atoms with E-state index in [1.807, 2.05) is 41.1 Å². The Labute approximate surface area is 162 Å². The Morgan fingerprint density at radius 3 is 2.88 bits per heavy atom. The van der Waals surface area contributed by atoms with Crippen LogP contribution in [0.4, 0.5) is 0 Å². The Hall–Kier alpha value is -1.84. The van der Waals surface area contributed by atoms with Gasteiger partial charge < -0.3 is 10.7 Å². The largest absolute Gasteiger partial charge is 0.341 e. The van der Waals surface area contributed by atoms with Gasteiger partial charge >= 0.3 is 0 Å². The van der Waals surface area contributed by atoms with Crippen LogP contribution in [0.3, 0.4) is 0 Å². The van der Waals surface area contributed by atoms with Crippen LogP contribution in [0.1, 0.15) is 5.56 Å². The summed E-state index contributed by atoms with van der Waals surface area (Å²) in [7, 11) is 1.79. The van der Waals surface area contributed by atoms with Gasteiger partial charge in [0.25, 0.3) is 0 Å². The topological polar surface area (TPSA) is 77.0 Å². The molecule has 0 unspecified atom stereocenters. The maximum absolute atomic E-state index is 12.3. The molecule has 0 fully saturated rings. The van der Waals surface area contributed by atoms with E-state index in [-0.39, 0.29) is 11.7 Å². The number of thioether (sulfide) groups is 1. The number of thiophene rings is 1. The zero-order valence-corrected chi connectivity index (χ0v) is 16.6. The monoisotopic (exact) mass is 437 g/mol. The zero-order valence-electron chi connectivity index (χ0n) is 13.4. The normalized spacial score (nSPS) is 10.8. The lowest BCUT2D eigenvalue weighted by Gasteiger charge is -2.15. The van der Waals surface area contributed by atoms with E-state index in [1.165, 1.54) is 16.4 Å². The van der Waals surface area contributed by atoms with Gasteiger partial charge in [-0.3, -0.25) is 4.79 Å². The molecular weight excluding hydrogens is 422 g/mol. The Kier molecular flexibility index (Phi) is 5.77. The Bertz CT molecular complexity index is 865. The van der Waals surface area contributed by atoms with Gasteiger partial charge in [-0.15, -0.1) is 10.2 Å². The first-order valence-corrected chi connectivity index (χ1v) is 10.1. The van der Waals surface area contributed by atoms with Crippen LogP contribution in [-0.4, -0.2) is 38.5 Å². The summed E-state index contributed by atoms with van der Waals surface area (Å²) in [6.07, 6.45) is 0. The summed E-state index contributed by atoms with van der Waals surface area (Å²) >= 11 is 6.38. The van der Waals surface area contributed by atoms with Crippen molar-refractivity contribution < 1.29 is 4.79 Å². The number of aromatic nitrogens is 3. The minimum absolute atomic E-state index is 0.0154. The van der Waals surface area contributed by atoms with Crippen molar-refractivity contribution in [2.45, 2.75) is 11.7 Å². The SMILES string of the molecule is CN(Cc1ccsc1)C(=O)CSc1nnc(-c2ccccc2Br)n1N. The minimum Gasteiger partial charge on any atom is -0.341 e. The first-order valence-electron chi connectivity index (χ1n) is 7.39. The van der Waals surface area contributed by atoms with E-state index < -0.39 is 0 Å². The van der Waals surface area contributed by atoms with Gasteiger partial charge in [0, 0.05) is 23.6 Å². The van der Waals surface area contributed by atoms with Crippen LogP contribution < -0.4 is 5.84 Å². The second kappa shape index (κ2) is 8.03. The number of halogens is 1. The second-order valence-corrected chi connectivity index (χ2v) is 7.90. The van der Waals surface area contributed by atoms with Crippen molar-refractivity contribution in [1.29, 1.82) is 0 Å². The van der Waals surface area contributed by atoms with Crippen LogP contribution in [0.5, 0.6) is 0 Å². The van der Waals surface area contributed by atoms with Gasteiger partial charge in [-0.05, 0) is 34.5 Å². The average molecular weight is 438 g/mol. The first-order chi connectivity index (χ1) is 12.1. The van der Waals surface area contributed by atoms with E-state index in [2.05, 4.69) is 26.1 Å². The highest BCUT2D eigenvalue weighted by atomic mass is 79.9. The van der Waals surface area contributed by atoms with Crippen LogP contribution >= 0.6 is 39.0 Å². The van der Waals surface area contributed by atoms with E-state index in [0.717, 1.165) is 15.6 Å². The maximum Gasteiger partial charge on any atom is 0.233 e. The highest BCUT2D eigenvalue weighted by molar-refractivity contribution is 9.10. The molecule has 3 rings (SSSR count). The molecule has 1 aromatic carbocycles. The van der Waals surface area contributed by atoms with Crippen molar-refractivity contribution >= 4 is 44.9 Å². The van der Waals surface area contributed by atoms with Gasteiger partial charge in [-0.1, -0.05) is 39.8 Å². The molecule has 130 valence electrons. The molecule has 0 aliphatic heterocycles. The fraction of sp³-hybridized carbons (Fsp3) is 0.188. The standard InChI is InChI=1S/C16H16BrN5OS2/c1-21(8-11-6-7-24-9-11)14(23)10-25-16-20-19-15(22(16)18)12-4-2-3-5-13(12)17/h2-7,9H,8,10,18H2,1H3. The Morgan fingerprint density at radius 1 is 1.36 bits per heavy atom. The third kappa shape index (κ3) is 4.23. The van der Waals surface area contributed by atoms with Crippen molar-refractivity contribution in [1.82, 2.24) is 19.8 Å². The number of rotatable bonds is 6. The number of benzene rings is 1. The fourth-order valence-corrected chi connectivity index (χ4v) is 4.10. The summed E-state index contributed by atoms with van der Waals surface area (Å²) < 4.78 is 2.30. The average Bonchev–Trinajstić information content (AvgIpc) is 3.23. The fourth-order valence-electron chi connectivity index (χ4n) is 2.18. The number of hydrogen-bond acceptors (Lipinski definition) is 6. The molecule has 0 bridgehead atoms. The molecule has 3 aromatic rings. The predicted octanol–water partition coefficient (Wildman–Crippen LogP) is 3.23. The summed E-state index contributed by atoms with van der Waals surface area (Å²) in [4.78, 5) is 14.0. The molecule has 2 N–H and O–H groups in total. The molecule has 0 saturated heterocycles. The van der Waals surface area contributed by atoms with Crippen molar-refractivity contribution in [2.24, 2.45) is 0 Å². The van der Waals surface area contributed by atoms with Crippen LogP contribution in [-0.2, 0) is 11.3 Å². The molecule has 9 heteroatoms. The highest BCUT2D eigenvalue weighted by Gasteiger charge is 2.17. The van der Waals surface area contributed by atoms with Crippen molar-refractivity contribution in [2.75, 3.05) is 18.6 Å². The molecule has 0 radical (unpaired) electrons. The van der Waals surface area contributed by atoms with Gasteiger partial charge in [0.05, 0.1) is 5.75 Å². The van der Waals surface area contributed by atoms with E-state index in [9.17, 15) is 4.79 Å². The summed E-state index contributed by atoms with van der Waals surface area (Å²) in [5.74, 6) is 6.92. The number of amides is 1. The third-order valence-electron chi connectivity index (χ3n) is 3.53. The van der Waals surface area contributed by atoms with Gasteiger partial charge in [0.1, 0.15) is 0 Å². The highest BCUT2D eigenvalue weighted by Crippen LogP contribution is 2.28. The van der Waals surface area contributed by atoms with Crippen LogP contribution in [0.2, 0.25) is 0 Å². The molecular formula is C16H16BrN5OS2. The molecule has 1 amide bonds. The zero-order chi connectivity index (χ0) is 17.8. The Balaban J connectivity index is 1.64. The molecule has 2 heterocycles. The van der Waals surface area contributed by atoms with E-state index in [1.54, 1.807) is 23.3 Å². The molecule has 2 aromatic heterocycles. The Morgan fingerprint density at radius 2 is 2.16 bits per heavy atom. The summed E-state index contributed by atoms with van der Waals surface area (Å²) in [5.41, 5.74) is 1.98. The van der Waals surface area contributed by atoms with Crippen LogP contribution in [0, 0.1) is 0 Å². The summed E-state index contributed by atoms with van der Waals surface area (Å²) in [5, 5.41) is 12.8. The predicted molar refractivity (Wildman–Crippen MR) is 105 cm³/mol. The lowest BCUT2D eigenvalue weighted by molar-refractivity contribution is -0.127. The molecule has 6 nitrogen and oxygen atoms in total. The molecule has 0 aliphatic rings. The van der Waals surface area contributed by atoms with E-state index in [4.69, 9.17) is 5.84 Å². The van der Waals surface area contributed by atoms with Crippen molar-refractivity contribution in [3.63, 3.8) is 0 Å².